The summed E-state index contributed by atoms with van der Waals surface area (Å²) >= 11 is 0. The molecule has 0 radical (unpaired) electrons. The topological polar surface area (TPSA) is 41.5 Å². The molecule has 3 nitrogen and oxygen atoms in total. The Morgan fingerprint density at radius 1 is 1.73 bits per heavy atom. The van der Waals surface area contributed by atoms with E-state index < -0.39 is 0 Å². The molecule has 0 atom stereocenters. The zero-order valence-electron chi connectivity index (χ0n) is 6.64. The summed E-state index contributed by atoms with van der Waals surface area (Å²) in [4.78, 5) is 14.8. The van der Waals surface area contributed by atoms with Crippen molar-refractivity contribution in [1.82, 2.24) is 5.32 Å². The average Bonchev–Trinajstić information content (AvgIpc) is 1.85. The number of allylic oxidation sites excluding steroid dienone is 2. The van der Waals surface area contributed by atoms with E-state index in [1.54, 1.807) is 6.08 Å². The third-order valence-corrected chi connectivity index (χ3v) is 1.31. The summed E-state index contributed by atoms with van der Waals surface area (Å²) in [6, 6.07) is 0. The van der Waals surface area contributed by atoms with Gasteiger partial charge in [0.25, 0.3) is 0 Å². The van der Waals surface area contributed by atoms with Gasteiger partial charge >= 0.3 is 0 Å². The number of ketones is 1. The van der Waals surface area contributed by atoms with Crippen LogP contribution in [0, 0.1) is 0 Å². The van der Waals surface area contributed by atoms with E-state index in [1.807, 2.05) is 6.92 Å². The molecule has 0 amide bonds. The van der Waals surface area contributed by atoms with Gasteiger partial charge in [-0.2, -0.15) is 0 Å². The van der Waals surface area contributed by atoms with Crippen LogP contribution in [0.15, 0.2) is 29.2 Å². The van der Waals surface area contributed by atoms with Crippen LogP contribution >= 0.6 is 0 Å². The molecule has 0 aromatic rings. The van der Waals surface area contributed by atoms with Crippen molar-refractivity contribution in [3.05, 3.63) is 24.2 Å². The van der Waals surface area contributed by atoms with E-state index in [4.69, 9.17) is 0 Å². The van der Waals surface area contributed by atoms with E-state index in [-0.39, 0.29) is 5.78 Å². The summed E-state index contributed by atoms with van der Waals surface area (Å²) < 4.78 is 0. The number of carbonyl (C=O) groups is 1. The zero-order valence-corrected chi connectivity index (χ0v) is 6.64. The first-order valence-corrected chi connectivity index (χ1v) is 3.33. The number of nitrogens with zero attached hydrogens (tertiary/aromatic N) is 1. The van der Waals surface area contributed by atoms with Gasteiger partial charge in [0.1, 0.15) is 11.5 Å². The second-order valence-corrected chi connectivity index (χ2v) is 2.45. The number of Topliss-reactive ketones (excluding diaryl/α,β-unsaturated/α-hetero) is 1. The number of nitrogens with one attached hydrogen (secondary N) is 1. The fraction of sp³-hybridized carbons (Fsp3) is 0.250. The Balaban J connectivity index is 2.96. The third kappa shape index (κ3) is 1.77. The van der Waals surface area contributed by atoms with E-state index in [0.717, 1.165) is 5.70 Å². The molecule has 0 saturated heterocycles. The molecule has 0 bridgehead atoms. The molecule has 1 N–H and O–H groups in total. The van der Waals surface area contributed by atoms with Crippen LogP contribution in [-0.2, 0) is 4.79 Å². The second-order valence-electron chi connectivity index (χ2n) is 2.45. The van der Waals surface area contributed by atoms with Crippen LogP contribution in [0.4, 0.5) is 0 Å². The van der Waals surface area contributed by atoms with Crippen LogP contribution in [0.2, 0.25) is 0 Å². The molecule has 0 aromatic carbocycles. The summed E-state index contributed by atoms with van der Waals surface area (Å²) in [6.07, 6.45) is 1.71. The van der Waals surface area contributed by atoms with Crippen LogP contribution in [0.5, 0.6) is 0 Å². The lowest BCUT2D eigenvalue weighted by atomic mass is 10.2. The Morgan fingerprint density at radius 2 is 2.36 bits per heavy atom. The Morgan fingerprint density at radius 3 is 2.82 bits per heavy atom. The standard InChI is InChI=1S/C8H10N2O/c1-5-4-8(6(2)11)10-7(3)9-5/h4,9H,3H2,1-2H3. The maximum Gasteiger partial charge on any atom is 0.178 e. The minimum atomic E-state index is -0.0352. The maximum atomic E-state index is 10.8. The number of rotatable bonds is 1. The molecule has 11 heavy (non-hydrogen) atoms. The van der Waals surface area contributed by atoms with Gasteiger partial charge in [-0.1, -0.05) is 6.58 Å². The number of hydrogen-bond acceptors (Lipinski definition) is 3. The predicted molar refractivity (Wildman–Crippen MR) is 44.1 cm³/mol. The van der Waals surface area contributed by atoms with E-state index >= 15 is 0 Å². The molecule has 1 rings (SSSR count). The normalized spacial score (nSPS) is 16.7. The van der Waals surface area contributed by atoms with Gasteiger partial charge in [-0.15, -0.1) is 0 Å². The van der Waals surface area contributed by atoms with Crippen LogP contribution in [-0.4, -0.2) is 11.5 Å². The third-order valence-electron chi connectivity index (χ3n) is 1.31. The molecule has 1 aliphatic rings. The van der Waals surface area contributed by atoms with Gasteiger partial charge in [0.15, 0.2) is 5.78 Å². The first-order valence-electron chi connectivity index (χ1n) is 3.33. The van der Waals surface area contributed by atoms with Crippen LogP contribution in [0.1, 0.15) is 13.8 Å². The van der Waals surface area contributed by atoms with Crippen molar-refractivity contribution in [2.24, 2.45) is 4.99 Å². The average molecular weight is 150 g/mol. The summed E-state index contributed by atoms with van der Waals surface area (Å²) in [5.41, 5.74) is 1.36. The summed E-state index contributed by atoms with van der Waals surface area (Å²) in [5.74, 6) is 0.488. The van der Waals surface area contributed by atoms with Crippen molar-refractivity contribution in [2.45, 2.75) is 13.8 Å². The highest BCUT2D eigenvalue weighted by molar-refractivity contribution is 6.43. The lowest BCUT2D eigenvalue weighted by Crippen LogP contribution is -2.20. The molecule has 0 aliphatic carbocycles. The van der Waals surface area contributed by atoms with E-state index in [9.17, 15) is 4.79 Å². The lowest BCUT2D eigenvalue weighted by Gasteiger charge is -2.11. The summed E-state index contributed by atoms with van der Waals surface area (Å²) in [6.45, 7) is 6.96. The fourth-order valence-electron chi connectivity index (χ4n) is 0.855. The molecular formula is C8H10N2O. The maximum absolute atomic E-state index is 10.8. The minimum Gasteiger partial charge on any atom is -0.344 e. The zero-order chi connectivity index (χ0) is 8.43. The number of carbonyl (C=O) groups excluding carboxylic acids is 1. The van der Waals surface area contributed by atoms with E-state index in [2.05, 4.69) is 16.9 Å². The van der Waals surface area contributed by atoms with Crippen LogP contribution < -0.4 is 5.32 Å². The van der Waals surface area contributed by atoms with Gasteiger partial charge in [0, 0.05) is 12.6 Å². The molecule has 0 unspecified atom stereocenters. The minimum absolute atomic E-state index is 0.0352. The van der Waals surface area contributed by atoms with Gasteiger partial charge in [-0.3, -0.25) is 4.79 Å². The number of hydrogen-bond donors (Lipinski definition) is 1. The predicted octanol–water partition coefficient (Wildman–Crippen LogP) is 0.995. The SMILES string of the molecule is C=C1N=C(C(C)=O)C=C(C)N1. The van der Waals surface area contributed by atoms with E-state index in [1.165, 1.54) is 6.92 Å². The van der Waals surface area contributed by atoms with Crippen molar-refractivity contribution >= 4 is 11.5 Å². The second kappa shape index (κ2) is 2.70. The van der Waals surface area contributed by atoms with Crippen molar-refractivity contribution in [3.63, 3.8) is 0 Å². The molecule has 3 heteroatoms. The monoisotopic (exact) mass is 150 g/mol. The Labute approximate surface area is 65.5 Å². The van der Waals surface area contributed by atoms with Crippen LogP contribution in [0.25, 0.3) is 0 Å². The van der Waals surface area contributed by atoms with Gasteiger partial charge in [0.05, 0.1) is 0 Å². The molecule has 0 spiro atoms. The largest absolute Gasteiger partial charge is 0.344 e. The Hall–Kier alpha value is -1.38. The van der Waals surface area contributed by atoms with Gasteiger partial charge in [0.2, 0.25) is 0 Å². The van der Waals surface area contributed by atoms with Gasteiger partial charge < -0.3 is 5.32 Å². The smallest absolute Gasteiger partial charge is 0.178 e. The van der Waals surface area contributed by atoms with Crippen molar-refractivity contribution in [3.8, 4) is 0 Å². The highest BCUT2D eigenvalue weighted by atomic mass is 16.1. The van der Waals surface area contributed by atoms with Gasteiger partial charge in [-0.05, 0) is 13.0 Å². The molecule has 0 saturated carbocycles. The Bertz CT molecular complexity index is 274. The quantitative estimate of drug-likeness (QED) is 0.605. The first-order chi connectivity index (χ1) is 5.09. The highest BCUT2D eigenvalue weighted by Gasteiger charge is 2.08. The number of aliphatic imine (C=N–C) groups is 1. The fourth-order valence-corrected chi connectivity index (χ4v) is 0.855. The van der Waals surface area contributed by atoms with E-state index in [0.29, 0.717) is 11.5 Å². The highest BCUT2D eigenvalue weighted by Crippen LogP contribution is 2.03. The molecule has 1 heterocycles. The molecule has 58 valence electrons. The van der Waals surface area contributed by atoms with Gasteiger partial charge in [-0.25, -0.2) is 4.99 Å². The lowest BCUT2D eigenvalue weighted by molar-refractivity contribution is -0.111. The first kappa shape index (κ1) is 7.72. The van der Waals surface area contributed by atoms with Crippen molar-refractivity contribution in [1.29, 1.82) is 0 Å². The van der Waals surface area contributed by atoms with Crippen LogP contribution in [0.3, 0.4) is 0 Å². The summed E-state index contributed by atoms with van der Waals surface area (Å²) in [7, 11) is 0. The Kier molecular flexibility index (Phi) is 1.89. The molecule has 0 fully saturated rings. The molecule has 1 aliphatic heterocycles. The summed E-state index contributed by atoms with van der Waals surface area (Å²) in [5, 5.41) is 2.89. The molecular weight excluding hydrogens is 140 g/mol. The van der Waals surface area contributed by atoms with Crippen molar-refractivity contribution in [2.75, 3.05) is 0 Å². The molecule has 0 aromatic heterocycles. The van der Waals surface area contributed by atoms with Crippen molar-refractivity contribution < 1.29 is 4.79 Å².